The van der Waals surface area contributed by atoms with Crippen LogP contribution in [0.15, 0.2) is 41.6 Å². The van der Waals surface area contributed by atoms with Crippen molar-refractivity contribution in [1.29, 1.82) is 0 Å². The van der Waals surface area contributed by atoms with Gasteiger partial charge in [-0.15, -0.1) is 0 Å². The average Bonchev–Trinajstić information content (AvgIpc) is 2.66. The number of benzene rings is 1. The van der Waals surface area contributed by atoms with Crippen LogP contribution in [-0.4, -0.2) is 42.4 Å². The number of piperidine rings is 1. The van der Waals surface area contributed by atoms with Gasteiger partial charge in [-0.25, -0.2) is 18.4 Å². The van der Waals surface area contributed by atoms with Crippen molar-refractivity contribution >= 4 is 10.0 Å². The number of sulfonamides is 1. The normalized spacial score (nSPS) is 16.9. The van der Waals surface area contributed by atoms with Gasteiger partial charge in [0, 0.05) is 24.8 Å². The number of rotatable bonds is 5. The molecular formula is C18H20F3N3O3S. The summed E-state index contributed by atoms with van der Waals surface area (Å²) < 4.78 is 71.8. The van der Waals surface area contributed by atoms with Crippen LogP contribution in [0.5, 0.6) is 5.88 Å². The van der Waals surface area contributed by atoms with E-state index in [1.165, 1.54) is 18.5 Å². The van der Waals surface area contributed by atoms with Gasteiger partial charge in [-0.3, -0.25) is 0 Å². The predicted octanol–water partition coefficient (Wildman–Crippen LogP) is 3.28. The van der Waals surface area contributed by atoms with Gasteiger partial charge in [-0.05, 0) is 37.8 Å². The standard InChI is InChI=1S/C18H20F3N3O3S/c1-13-10-17(23-12-22-13)27-11-14-6-8-24(9-7-14)28(25,26)16-5-3-2-4-15(16)18(19,20)21/h2-5,10,12,14H,6-9,11H2,1H3. The van der Waals surface area contributed by atoms with E-state index in [9.17, 15) is 21.6 Å². The van der Waals surface area contributed by atoms with Crippen LogP contribution in [0.25, 0.3) is 0 Å². The van der Waals surface area contributed by atoms with Crippen molar-refractivity contribution in [2.75, 3.05) is 19.7 Å². The second-order valence-corrected chi connectivity index (χ2v) is 8.56. The van der Waals surface area contributed by atoms with Crippen LogP contribution < -0.4 is 4.74 Å². The molecule has 0 bridgehead atoms. The minimum atomic E-state index is -4.73. The van der Waals surface area contributed by atoms with Crippen LogP contribution in [0.4, 0.5) is 13.2 Å². The Morgan fingerprint density at radius 3 is 2.50 bits per heavy atom. The molecule has 1 fully saturated rings. The second-order valence-electron chi connectivity index (χ2n) is 6.65. The minimum Gasteiger partial charge on any atom is -0.477 e. The first-order chi connectivity index (χ1) is 13.2. The number of aryl methyl sites for hydroxylation is 1. The third-order valence-electron chi connectivity index (χ3n) is 4.63. The molecule has 1 aromatic carbocycles. The topological polar surface area (TPSA) is 72.4 Å². The predicted molar refractivity (Wildman–Crippen MR) is 95.2 cm³/mol. The summed E-state index contributed by atoms with van der Waals surface area (Å²) in [5.74, 6) is 0.543. The molecule has 1 saturated heterocycles. The first-order valence-electron chi connectivity index (χ1n) is 8.76. The third-order valence-corrected chi connectivity index (χ3v) is 6.59. The van der Waals surface area contributed by atoms with Crippen LogP contribution in [0.2, 0.25) is 0 Å². The summed E-state index contributed by atoms with van der Waals surface area (Å²) in [4.78, 5) is 7.28. The molecule has 2 heterocycles. The summed E-state index contributed by atoms with van der Waals surface area (Å²) in [6, 6.07) is 5.97. The largest absolute Gasteiger partial charge is 0.477 e. The molecule has 10 heteroatoms. The molecule has 2 aromatic rings. The van der Waals surface area contributed by atoms with E-state index < -0.39 is 26.7 Å². The van der Waals surface area contributed by atoms with E-state index in [-0.39, 0.29) is 19.0 Å². The lowest BCUT2D eigenvalue weighted by atomic mass is 9.99. The van der Waals surface area contributed by atoms with Gasteiger partial charge >= 0.3 is 6.18 Å². The van der Waals surface area contributed by atoms with Gasteiger partial charge in [-0.1, -0.05) is 12.1 Å². The molecule has 0 aliphatic carbocycles. The van der Waals surface area contributed by atoms with Gasteiger partial charge in [0.15, 0.2) is 0 Å². The number of hydrogen-bond acceptors (Lipinski definition) is 5. The molecule has 152 valence electrons. The number of ether oxygens (including phenoxy) is 1. The molecule has 0 N–H and O–H groups in total. The SMILES string of the molecule is Cc1cc(OCC2CCN(S(=O)(=O)c3ccccc3C(F)(F)F)CC2)ncn1. The van der Waals surface area contributed by atoms with E-state index in [1.54, 1.807) is 6.07 Å². The van der Waals surface area contributed by atoms with Crippen LogP contribution in [-0.2, 0) is 16.2 Å². The van der Waals surface area contributed by atoms with E-state index in [1.807, 2.05) is 6.92 Å². The lowest BCUT2D eigenvalue weighted by Crippen LogP contribution is -2.40. The maximum Gasteiger partial charge on any atom is 0.417 e. The zero-order valence-corrected chi connectivity index (χ0v) is 16.0. The van der Waals surface area contributed by atoms with Crippen molar-refractivity contribution in [1.82, 2.24) is 14.3 Å². The van der Waals surface area contributed by atoms with Crippen molar-refractivity contribution < 1.29 is 26.3 Å². The zero-order valence-electron chi connectivity index (χ0n) is 15.2. The summed E-state index contributed by atoms with van der Waals surface area (Å²) in [7, 11) is -4.22. The quantitative estimate of drug-likeness (QED) is 0.749. The average molecular weight is 415 g/mol. The molecule has 0 unspecified atom stereocenters. The van der Waals surface area contributed by atoms with Gasteiger partial charge in [0.25, 0.3) is 0 Å². The molecule has 0 radical (unpaired) electrons. The van der Waals surface area contributed by atoms with Crippen molar-refractivity contribution in [3.8, 4) is 5.88 Å². The van der Waals surface area contributed by atoms with E-state index in [0.29, 0.717) is 25.3 Å². The van der Waals surface area contributed by atoms with Gasteiger partial charge < -0.3 is 4.74 Å². The van der Waals surface area contributed by atoms with Crippen molar-refractivity contribution in [2.45, 2.75) is 30.8 Å². The van der Waals surface area contributed by atoms with Gasteiger partial charge in [0.2, 0.25) is 15.9 Å². The lowest BCUT2D eigenvalue weighted by molar-refractivity contribution is -0.139. The fourth-order valence-corrected chi connectivity index (χ4v) is 4.78. The molecule has 28 heavy (non-hydrogen) atoms. The molecule has 0 amide bonds. The molecule has 1 aliphatic heterocycles. The summed E-state index contributed by atoms with van der Waals surface area (Å²) in [6.45, 7) is 2.47. The van der Waals surface area contributed by atoms with E-state index in [0.717, 1.165) is 22.1 Å². The maximum atomic E-state index is 13.2. The highest BCUT2D eigenvalue weighted by atomic mass is 32.2. The Kier molecular flexibility index (Phi) is 5.90. The van der Waals surface area contributed by atoms with Crippen molar-refractivity contribution in [3.05, 3.63) is 47.9 Å². The molecule has 1 aromatic heterocycles. The number of nitrogens with zero attached hydrogens (tertiary/aromatic N) is 3. The number of alkyl halides is 3. The molecule has 3 rings (SSSR count). The molecule has 6 nitrogen and oxygen atoms in total. The number of hydrogen-bond donors (Lipinski definition) is 0. The Bertz CT molecular complexity index is 927. The number of aromatic nitrogens is 2. The summed E-state index contributed by atoms with van der Waals surface area (Å²) in [5.41, 5.74) is -0.367. The van der Waals surface area contributed by atoms with Gasteiger partial charge in [0.1, 0.15) is 6.33 Å². The minimum absolute atomic E-state index is 0.0968. The zero-order chi connectivity index (χ0) is 20.4. The van der Waals surface area contributed by atoms with Crippen LogP contribution in [0, 0.1) is 12.8 Å². The van der Waals surface area contributed by atoms with Crippen molar-refractivity contribution in [2.24, 2.45) is 5.92 Å². The second kappa shape index (κ2) is 8.04. The third kappa shape index (κ3) is 4.61. The van der Waals surface area contributed by atoms with Crippen LogP contribution in [0.1, 0.15) is 24.1 Å². The van der Waals surface area contributed by atoms with Crippen LogP contribution in [0.3, 0.4) is 0 Å². The van der Waals surface area contributed by atoms with E-state index >= 15 is 0 Å². The highest BCUT2D eigenvalue weighted by Gasteiger charge is 2.39. The Morgan fingerprint density at radius 2 is 1.86 bits per heavy atom. The molecular weight excluding hydrogens is 395 g/mol. The first-order valence-corrected chi connectivity index (χ1v) is 10.2. The molecule has 0 saturated carbocycles. The maximum absolute atomic E-state index is 13.2. The monoisotopic (exact) mass is 415 g/mol. The Morgan fingerprint density at radius 1 is 1.18 bits per heavy atom. The Balaban J connectivity index is 1.64. The highest BCUT2D eigenvalue weighted by Crippen LogP contribution is 2.36. The molecule has 0 atom stereocenters. The fourth-order valence-electron chi connectivity index (χ4n) is 3.09. The van der Waals surface area contributed by atoms with Crippen molar-refractivity contribution in [3.63, 3.8) is 0 Å². The summed E-state index contributed by atoms with van der Waals surface area (Å²) in [6.07, 6.45) is -2.33. The van der Waals surface area contributed by atoms with E-state index in [2.05, 4.69) is 9.97 Å². The fraction of sp³-hybridized carbons (Fsp3) is 0.444. The van der Waals surface area contributed by atoms with Gasteiger partial charge in [-0.2, -0.15) is 17.5 Å². The summed E-state index contributed by atoms with van der Waals surface area (Å²) >= 11 is 0. The number of halogens is 3. The molecule has 1 aliphatic rings. The van der Waals surface area contributed by atoms with Crippen LogP contribution >= 0.6 is 0 Å². The summed E-state index contributed by atoms with van der Waals surface area (Å²) in [5, 5.41) is 0. The highest BCUT2D eigenvalue weighted by molar-refractivity contribution is 7.89. The first kappa shape index (κ1) is 20.5. The Labute approximate surface area is 161 Å². The van der Waals surface area contributed by atoms with Gasteiger partial charge in [0.05, 0.1) is 17.1 Å². The Hall–Kier alpha value is -2.20. The molecule has 0 spiro atoms. The lowest BCUT2D eigenvalue weighted by Gasteiger charge is -2.31. The van der Waals surface area contributed by atoms with E-state index in [4.69, 9.17) is 4.74 Å². The smallest absolute Gasteiger partial charge is 0.417 e.